The number of ether oxygens (including phenoxy) is 1. The first kappa shape index (κ1) is 19.2. The molecule has 1 aromatic carbocycles. The molecule has 0 spiro atoms. The predicted molar refractivity (Wildman–Crippen MR) is 100 cm³/mol. The summed E-state index contributed by atoms with van der Waals surface area (Å²) in [5.74, 6) is 2.22. The minimum absolute atomic E-state index is 0.505. The van der Waals surface area contributed by atoms with Crippen LogP contribution in [0.2, 0.25) is 0 Å². The number of methoxy groups -OCH3 is 1. The van der Waals surface area contributed by atoms with Crippen molar-refractivity contribution < 1.29 is 14.0 Å². The maximum absolute atomic E-state index is 5.93. The van der Waals surface area contributed by atoms with Gasteiger partial charge in [-0.3, -0.25) is 4.90 Å². The molecule has 1 fully saturated rings. The van der Waals surface area contributed by atoms with Crippen LogP contribution >= 0.6 is 12.0 Å². The lowest BCUT2D eigenvalue weighted by atomic mass is 9.99. The average Bonchev–Trinajstić information content (AvgIpc) is 2.59. The number of rotatable bonds is 8. The molecule has 2 rings (SSSR count). The van der Waals surface area contributed by atoms with Crippen LogP contribution in [0.1, 0.15) is 13.8 Å². The summed E-state index contributed by atoms with van der Waals surface area (Å²) in [6, 6.07) is 6.53. The van der Waals surface area contributed by atoms with Gasteiger partial charge in [0.25, 0.3) is 0 Å². The van der Waals surface area contributed by atoms with Crippen LogP contribution in [0, 0.1) is 5.92 Å². The molecule has 0 saturated carbocycles. The molecular formula is C17H29N3O3S. The summed E-state index contributed by atoms with van der Waals surface area (Å²) in [4.78, 5) is 9.59. The van der Waals surface area contributed by atoms with Gasteiger partial charge in [0.2, 0.25) is 0 Å². The molecule has 0 unspecified atom stereocenters. The molecule has 0 bridgehead atoms. The van der Waals surface area contributed by atoms with Gasteiger partial charge in [-0.15, -0.1) is 0 Å². The van der Waals surface area contributed by atoms with Crippen LogP contribution in [0.25, 0.3) is 0 Å². The van der Waals surface area contributed by atoms with Crippen LogP contribution in [0.3, 0.4) is 0 Å². The Morgan fingerprint density at radius 1 is 1.29 bits per heavy atom. The first-order chi connectivity index (χ1) is 11.6. The highest BCUT2D eigenvalue weighted by Gasteiger charge is 2.29. The fourth-order valence-corrected chi connectivity index (χ4v) is 3.60. The Morgan fingerprint density at radius 2 is 2.08 bits per heavy atom. The first-order valence-corrected chi connectivity index (χ1v) is 9.22. The summed E-state index contributed by atoms with van der Waals surface area (Å²) < 4.78 is 10.3. The topological polar surface area (TPSA) is 60.2 Å². The first-order valence-electron chi connectivity index (χ1n) is 8.31. The Hall–Kier alpha value is -1.15. The standard InChI is InChI=1S/C17H29N3O3S/c1-13(2)16-12-20(8-7-19(16)9-10-24-23-22-4)14-5-6-15(18)17(11-14)21-3/h5-6,11,13,16H,7-10,12,18H2,1-4H3/t16-/m1/s1. The smallest absolute Gasteiger partial charge is 0.143 e. The lowest BCUT2D eigenvalue weighted by Gasteiger charge is -2.44. The molecule has 2 N–H and O–H groups in total. The lowest BCUT2D eigenvalue weighted by Crippen LogP contribution is -2.55. The van der Waals surface area contributed by atoms with E-state index in [1.54, 1.807) is 7.11 Å². The minimum Gasteiger partial charge on any atom is -0.495 e. The second-order valence-electron chi connectivity index (χ2n) is 6.28. The Balaban J connectivity index is 2.01. The van der Waals surface area contributed by atoms with Gasteiger partial charge < -0.3 is 15.4 Å². The van der Waals surface area contributed by atoms with Crippen molar-refractivity contribution in [3.63, 3.8) is 0 Å². The highest BCUT2D eigenvalue weighted by Crippen LogP contribution is 2.29. The number of hydrogen-bond acceptors (Lipinski definition) is 7. The van der Waals surface area contributed by atoms with Gasteiger partial charge in [0, 0.05) is 61.8 Å². The van der Waals surface area contributed by atoms with Gasteiger partial charge in [-0.2, -0.15) is 4.33 Å². The van der Waals surface area contributed by atoms with Crippen molar-refractivity contribution in [2.75, 3.05) is 56.8 Å². The molecule has 6 nitrogen and oxygen atoms in total. The Kier molecular flexibility index (Phi) is 7.48. The number of benzene rings is 1. The maximum atomic E-state index is 5.93. The zero-order valence-electron chi connectivity index (χ0n) is 15.0. The third-order valence-corrected chi connectivity index (χ3v) is 5.04. The van der Waals surface area contributed by atoms with E-state index in [4.69, 9.17) is 14.8 Å². The Morgan fingerprint density at radius 3 is 2.75 bits per heavy atom. The van der Waals surface area contributed by atoms with E-state index in [-0.39, 0.29) is 0 Å². The van der Waals surface area contributed by atoms with E-state index in [1.165, 1.54) is 24.8 Å². The fourth-order valence-electron chi connectivity index (χ4n) is 3.13. The zero-order valence-corrected chi connectivity index (χ0v) is 15.8. The van der Waals surface area contributed by atoms with Gasteiger partial charge >= 0.3 is 0 Å². The number of nitrogens with two attached hydrogens (primary N) is 1. The number of nitrogen functional groups attached to an aromatic ring is 1. The van der Waals surface area contributed by atoms with E-state index in [9.17, 15) is 0 Å². The van der Waals surface area contributed by atoms with Crippen LogP contribution in [-0.4, -0.2) is 57.1 Å². The highest BCUT2D eigenvalue weighted by molar-refractivity contribution is 7.94. The molecule has 0 amide bonds. The van der Waals surface area contributed by atoms with Gasteiger partial charge in [0.1, 0.15) is 5.75 Å². The maximum Gasteiger partial charge on any atom is 0.143 e. The van der Waals surface area contributed by atoms with Gasteiger partial charge in [-0.1, -0.05) is 13.8 Å². The molecular weight excluding hydrogens is 326 g/mol. The van der Waals surface area contributed by atoms with E-state index in [2.05, 4.69) is 34.6 Å². The molecule has 0 radical (unpaired) electrons. The van der Waals surface area contributed by atoms with Gasteiger partial charge in [0.05, 0.1) is 19.9 Å². The molecule has 1 aliphatic rings. The third kappa shape index (κ3) is 4.92. The van der Waals surface area contributed by atoms with Gasteiger partial charge in [-0.25, -0.2) is 4.89 Å². The molecule has 7 heteroatoms. The van der Waals surface area contributed by atoms with E-state index < -0.39 is 0 Å². The molecule has 0 aliphatic carbocycles. The normalized spacial score (nSPS) is 19.0. The van der Waals surface area contributed by atoms with Crippen LogP contribution < -0.4 is 15.4 Å². The quantitative estimate of drug-likeness (QED) is 0.253. The van der Waals surface area contributed by atoms with Gasteiger partial charge in [-0.05, 0) is 18.1 Å². The summed E-state index contributed by atoms with van der Waals surface area (Å²) in [5, 5.41) is 0. The third-order valence-electron chi connectivity index (χ3n) is 4.46. The largest absolute Gasteiger partial charge is 0.495 e. The molecule has 0 aromatic heterocycles. The van der Waals surface area contributed by atoms with Crippen LogP contribution in [-0.2, 0) is 9.22 Å². The van der Waals surface area contributed by atoms with Crippen molar-refractivity contribution >= 4 is 23.4 Å². The molecule has 1 atom stereocenters. The zero-order chi connectivity index (χ0) is 17.5. The summed E-state index contributed by atoms with van der Waals surface area (Å²) in [7, 11) is 3.19. The van der Waals surface area contributed by atoms with Crippen LogP contribution in [0.15, 0.2) is 18.2 Å². The lowest BCUT2D eigenvalue weighted by molar-refractivity contribution is -0.160. The monoisotopic (exact) mass is 355 g/mol. The van der Waals surface area contributed by atoms with Gasteiger partial charge in [0.15, 0.2) is 0 Å². The second-order valence-corrected chi connectivity index (χ2v) is 7.06. The van der Waals surface area contributed by atoms with E-state index in [0.29, 0.717) is 17.6 Å². The summed E-state index contributed by atoms with van der Waals surface area (Å²) in [6.07, 6.45) is 0. The SMILES string of the molecule is COOSCCN1CCN(c2ccc(N)c(OC)c2)C[C@@H]1C(C)C. The van der Waals surface area contributed by atoms with Crippen molar-refractivity contribution in [2.45, 2.75) is 19.9 Å². The summed E-state index contributed by atoms with van der Waals surface area (Å²) in [6.45, 7) is 8.58. The molecule has 24 heavy (non-hydrogen) atoms. The fraction of sp³-hybridized carbons (Fsp3) is 0.647. The number of anilines is 2. The minimum atomic E-state index is 0.505. The Bertz CT molecular complexity index is 516. The Labute approximate surface area is 149 Å². The molecule has 1 aliphatic heterocycles. The summed E-state index contributed by atoms with van der Waals surface area (Å²) in [5.41, 5.74) is 7.78. The van der Waals surface area contributed by atoms with Crippen molar-refractivity contribution in [3.05, 3.63) is 18.2 Å². The number of nitrogens with zero attached hydrogens (tertiary/aromatic N) is 2. The second kappa shape index (κ2) is 9.36. The van der Waals surface area contributed by atoms with Crippen molar-refractivity contribution in [1.29, 1.82) is 0 Å². The highest BCUT2D eigenvalue weighted by atomic mass is 32.2. The van der Waals surface area contributed by atoms with E-state index >= 15 is 0 Å². The average molecular weight is 356 g/mol. The van der Waals surface area contributed by atoms with E-state index in [1.807, 2.05) is 12.1 Å². The molecule has 1 heterocycles. The predicted octanol–water partition coefficient (Wildman–Crippen LogP) is 2.65. The van der Waals surface area contributed by atoms with Crippen molar-refractivity contribution in [3.8, 4) is 5.75 Å². The molecule has 1 aromatic rings. The summed E-state index contributed by atoms with van der Waals surface area (Å²) >= 11 is 1.36. The van der Waals surface area contributed by atoms with Crippen molar-refractivity contribution in [2.24, 2.45) is 5.92 Å². The molecule has 136 valence electrons. The number of piperazine rings is 1. The van der Waals surface area contributed by atoms with E-state index in [0.717, 1.165) is 37.7 Å². The molecule has 1 saturated heterocycles. The number of hydrogen-bond donors (Lipinski definition) is 1. The van der Waals surface area contributed by atoms with Crippen molar-refractivity contribution in [1.82, 2.24) is 4.90 Å². The van der Waals surface area contributed by atoms with Crippen LogP contribution in [0.5, 0.6) is 5.75 Å². The van der Waals surface area contributed by atoms with Crippen LogP contribution in [0.4, 0.5) is 11.4 Å².